The van der Waals surface area contributed by atoms with Gasteiger partial charge in [-0.3, -0.25) is 0 Å². The highest BCUT2D eigenvalue weighted by atomic mass is 16.6. The summed E-state index contributed by atoms with van der Waals surface area (Å²) < 4.78 is 5.36. The molecule has 0 spiro atoms. The number of alkyl carbamates (subject to hydrolysis) is 1. The van der Waals surface area contributed by atoms with Gasteiger partial charge in [-0.15, -0.1) is 0 Å². The summed E-state index contributed by atoms with van der Waals surface area (Å²) >= 11 is 0. The molecule has 1 amide bonds. The number of hydrogen-bond acceptors (Lipinski definition) is 6. The second-order valence-corrected chi connectivity index (χ2v) is 9.03. The number of nitrogens with one attached hydrogen (secondary N) is 2. The molecule has 1 aromatic heterocycles. The largest absolute Gasteiger partial charge is 0.444 e. The summed E-state index contributed by atoms with van der Waals surface area (Å²) in [5.41, 5.74) is 0.482. The zero-order valence-electron chi connectivity index (χ0n) is 18.2. The van der Waals surface area contributed by atoms with Crippen LogP contribution in [0, 0.1) is 5.92 Å². The average Bonchev–Trinajstić information content (AvgIpc) is 2.65. The van der Waals surface area contributed by atoms with E-state index in [1.807, 2.05) is 64.0 Å². The number of aromatic nitrogens is 2. The molecule has 0 saturated heterocycles. The van der Waals surface area contributed by atoms with Crippen LogP contribution in [0.5, 0.6) is 0 Å². The molecule has 0 bridgehead atoms. The lowest BCUT2D eigenvalue weighted by Crippen LogP contribution is -2.41. The van der Waals surface area contributed by atoms with Crippen molar-refractivity contribution in [3.8, 4) is 0 Å². The molecule has 1 aliphatic rings. The molecule has 158 valence electrons. The van der Waals surface area contributed by atoms with E-state index in [2.05, 4.69) is 15.6 Å². The normalized spacial score (nSPS) is 19.6. The van der Waals surface area contributed by atoms with Crippen LogP contribution >= 0.6 is 0 Å². The van der Waals surface area contributed by atoms with Crippen molar-refractivity contribution < 1.29 is 9.53 Å². The number of carbonyl (C=O) groups excluding carboxylic acids is 1. The van der Waals surface area contributed by atoms with Gasteiger partial charge >= 0.3 is 6.09 Å². The molecule has 29 heavy (non-hydrogen) atoms. The fourth-order valence-corrected chi connectivity index (χ4v) is 3.70. The molecule has 0 radical (unpaired) electrons. The Morgan fingerprint density at radius 2 is 1.83 bits per heavy atom. The highest BCUT2D eigenvalue weighted by Gasteiger charge is 2.25. The Balaban J connectivity index is 1.52. The van der Waals surface area contributed by atoms with E-state index < -0.39 is 5.60 Å². The van der Waals surface area contributed by atoms with Crippen LogP contribution in [0.2, 0.25) is 0 Å². The van der Waals surface area contributed by atoms with Crippen molar-refractivity contribution in [1.82, 2.24) is 15.3 Å². The highest BCUT2D eigenvalue weighted by Crippen LogP contribution is 2.27. The number of fused-ring (bicyclic) bond motifs is 1. The number of hydrogen-bond donors (Lipinski definition) is 2. The Morgan fingerprint density at radius 1 is 1.14 bits per heavy atom. The number of carbonyl (C=O) groups is 1. The third-order valence-electron chi connectivity index (χ3n) is 5.12. The Morgan fingerprint density at radius 3 is 2.48 bits per heavy atom. The maximum atomic E-state index is 11.9. The second-order valence-electron chi connectivity index (χ2n) is 9.03. The predicted octanol–water partition coefficient (Wildman–Crippen LogP) is 4.19. The molecule has 2 aromatic rings. The summed E-state index contributed by atoms with van der Waals surface area (Å²) in [5.74, 6) is 2.13. The third kappa shape index (κ3) is 5.95. The summed E-state index contributed by atoms with van der Waals surface area (Å²) in [6, 6.07) is 8.27. The summed E-state index contributed by atoms with van der Waals surface area (Å²) in [6.07, 6.45) is 3.73. The van der Waals surface area contributed by atoms with Crippen molar-refractivity contribution in [3.63, 3.8) is 0 Å². The van der Waals surface area contributed by atoms with Crippen molar-refractivity contribution >= 4 is 28.8 Å². The second kappa shape index (κ2) is 8.84. The van der Waals surface area contributed by atoms with E-state index in [1.165, 1.54) is 0 Å². The monoisotopic (exact) mass is 399 g/mol. The van der Waals surface area contributed by atoms with E-state index >= 15 is 0 Å². The van der Waals surface area contributed by atoms with Crippen LogP contribution in [0.4, 0.5) is 16.6 Å². The van der Waals surface area contributed by atoms with Gasteiger partial charge in [-0.2, -0.15) is 4.98 Å². The van der Waals surface area contributed by atoms with Crippen LogP contribution in [0.25, 0.3) is 10.9 Å². The fraction of sp³-hybridized carbons (Fsp3) is 0.591. The molecule has 1 fully saturated rings. The van der Waals surface area contributed by atoms with Crippen LogP contribution in [-0.4, -0.2) is 48.3 Å². The molecule has 1 saturated carbocycles. The van der Waals surface area contributed by atoms with Crippen LogP contribution in [0.3, 0.4) is 0 Å². The number of rotatable bonds is 5. The molecule has 1 aliphatic carbocycles. The zero-order chi connectivity index (χ0) is 21.0. The summed E-state index contributed by atoms with van der Waals surface area (Å²) in [6.45, 7) is 6.48. The Hall–Kier alpha value is -2.57. The van der Waals surface area contributed by atoms with Crippen molar-refractivity contribution in [1.29, 1.82) is 0 Å². The van der Waals surface area contributed by atoms with E-state index in [9.17, 15) is 4.79 Å². The molecule has 7 heteroatoms. The first kappa shape index (κ1) is 21.1. The first-order valence-corrected chi connectivity index (χ1v) is 10.4. The maximum absolute atomic E-state index is 11.9. The predicted molar refractivity (Wildman–Crippen MR) is 117 cm³/mol. The average molecular weight is 400 g/mol. The SMILES string of the molecule is CN(C)c1nc(NCC2CCC(NC(=O)OC(C)(C)C)CC2)nc2ccccc12. The van der Waals surface area contributed by atoms with Crippen molar-refractivity contribution in [2.45, 2.75) is 58.1 Å². The molecular formula is C22H33N5O2. The lowest BCUT2D eigenvalue weighted by molar-refractivity contribution is 0.0488. The quantitative estimate of drug-likeness (QED) is 0.785. The zero-order valence-corrected chi connectivity index (χ0v) is 18.2. The number of benzene rings is 1. The maximum Gasteiger partial charge on any atom is 0.407 e. The summed E-state index contributed by atoms with van der Waals surface area (Å²) in [5, 5.41) is 7.48. The summed E-state index contributed by atoms with van der Waals surface area (Å²) in [7, 11) is 4.00. The van der Waals surface area contributed by atoms with Crippen molar-refractivity contribution in [3.05, 3.63) is 24.3 Å². The molecule has 0 aliphatic heterocycles. The Kier molecular flexibility index (Phi) is 6.45. The van der Waals surface area contributed by atoms with Gasteiger partial charge in [0, 0.05) is 32.1 Å². The van der Waals surface area contributed by atoms with Gasteiger partial charge in [-0.1, -0.05) is 12.1 Å². The van der Waals surface area contributed by atoms with E-state index in [4.69, 9.17) is 9.72 Å². The molecule has 3 rings (SSSR count). The van der Waals surface area contributed by atoms with E-state index in [0.29, 0.717) is 11.9 Å². The number of amides is 1. The van der Waals surface area contributed by atoms with Crippen LogP contribution in [0.1, 0.15) is 46.5 Å². The molecule has 0 unspecified atom stereocenters. The van der Waals surface area contributed by atoms with E-state index in [0.717, 1.165) is 48.9 Å². The Bertz CT molecular complexity index is 839. The topological polar surface area (TPSA) is 79.4 Å². The van der Waals surface area contributed by atoms with Gasteiger partial charge in [0.1, 0.15) is 11.4 Å². The fourth-order valence-electron chi connectivity index (χ4n) is 3.70. The first-order chi connectivity index (χ1) is 13.7. The minimum Gasteiger partial charge on any atom is -0.444 e. The van der Waals surface area contributed by atoms with E-state index in [-0.39, 0.29) is 12.1 Å². The molecule has 1 aromatic carbocycles. The molecule has 0 atom stereocenters. The first-order valence-electron chi connectivity index (χ1n) is 10.4. The number of ether oxygens (including phenoxy) is 1. The van der Waals surface area contributed by atoms with Crippen molar-refractivity contribution in [2.75, 3.05) is 30.9 Å². The standard InChI is InChI=1S/C22H33N5O2/c1-22(2,3)29-21(28)24-16-12-10-15(11-13-16)14-23-20-25-18-9-7-6-8-17(18)19(26-20)27(4)5/h6-9,15-16H,10-14H2,1-5H3,(H,24,28)(H,23,25,26). The third-order valence-corrected chi connectivity index (χ3v) is 5.12. The highest BCUT2D eigenvalue weighted by molar-refractivity contribution is 5.90. The molecule has 7 nitrogen and oxygen atoms in total. The molecular weight excluding hydrogens is 366 g/mol. The van der Waals surface area contributed by atoms with E-state index in [1.54, 1.807) is 0 Å². The van der Waals surface area contributed by atoms with Crippen LogP contribution < -0.4 is 15.5 Å². The number of anilines is 2. The smallest absolute Gasteiger partial charge is 0.407 e. The molecule has 2 N–H and O–H groups in total. The van der Waals surface area contributed by atoms with Gasteiger partial charge in [0.05, 0.1) is 5.52 Å². The van der Waals surface area contributed by atoms with Gasteiger partial charge in [-0.05, 0) is 64.5 Å². The Labute approximate surface area is 173 Å². The lowest BCUT2D eigenvalue weighted by Gasteiger charge is -2.30. The van der Waals surface area contributed by atoms with Gasteiger partial charge in [-0.25, -0.2) is 9.78 Å². The minimum absolute atomic E-state index is 0.193. The number of para-hydroxylation sites is 1. The van der Waals surface area contributed by atoms with Crippen LogP contribution in [-0.2, 0) is 4.74 Å². The lowest BCUT2D eigenvalue weighted by atomic mass is 9.86. The van der Waals surface area contributed by atoms with Gasteiger partial charge in [0.2, 0.25) is 5.95 Å². The van der Waals surface area contributed by atoms with Crippen molar-refractivity contribution in [2.24, 2.45) is 5.92 Å². The van der Waals surface area contributed by atoms with Gasteiger partial charge in [0.15, 0.2) is 0 Å². The van der Waals surface area contributed by atoms with Gasteiger partial charge < -0.3 is 20.3 Å². The molecule has 1 heterocycles. The van der Waals surface area contributed by atoms with Crippen LogP contribution in [0.15, 0.2) is 24.3 Å². The number of nitrogens with zero attached hydrogens (tertiary/aromatic N) is 3. The van der Waals surface area contributed by atoms with Gasteiger partial charge in [0.25, 0.3) is 0 Å². The summed E-state index contributed by atoms with van der Waals surface area (Å²) in [4.78, 5) is 23.3. The minimum atomic E-state index is -0.462.